The molecule has 0 unspecified atom stereocenters. The van der Waals surface area contributed by atoms with Crippen molar-refractivity contribution in [2.75, 3.05) is 14.1 Å². The summed E-state index contributed by atoms with van der Waals surface area (Å²) in [7, 11) is 4.46. The van der Waals surface area contributed by atoms with E-state index < -0.39 is 0 Å². The molecule has 0 atom stereocenters. The van der Waals surface area contributed by atoms with Gasteiger partial charge in [0.15, 0.2) is 0 Å². The van der Waals surface area contributed by atoms with Gasteiger partial charge in [0.05, 0.1) is 0 Å². The molecule has 102 valence electrons. The Morgan fingerprint density at radius 2 is 1.59 bits per heavy atom. The highest BCUT2D eigenvalue weighted by molar-refractivity contribution is 4.83. The van der Waals surface area contributed by atoms with E-state index in [1.54, 1.807) is 0 Å². The molecular weight excluding hydrogens is 208 g/mol. The first-order valence-electron chi connectivity index (χ1n) is 7.62. The third-order valence-electron chi connectivity index (χ3n) is 4.50. The zero-order valence-corrected chi connectivity index (χ0v) is 12.3. The summed E-state index contributed by atoms with van der Waals surface area (Å²) in [6, 6.07) is 2.43. The van der Waals surface area contributed by atoms with Crippen LogP contribution in [0, 0.1) is 0 Å². The molecule has 0 bridgehead atoms. The summed E-state index contributed by atoms with van der Waals surface area (Å²) in [4.78, 5) is 2.69. The molecule has 1 aliphatic carbocycles. The first-order valence-corrected chi connectivity index (χ1v) is 7.62. The molecule has 0 radical (unpaired) electrons. The van der Waals surface area contributed by atoms with Crippen LogP contribution in [0.2, 0.25) is 0 Å². The Bertz CT molecular complexity index is 179. The van der Waals surface area contributed by atoms with Gasteiger partial charge in [0.25, 0.3) is 0 Å². The van der Waals surface area contributed by atoms with Crippen LogP contribution in [-0.4, -0.2) is 37.1 Å². The Hall–Kier alpha value is -0.0800. The van der Waals surface area contributed by atoms with Crippen molar-refractivity contribution in [3.63, 3.8) is 0 Å². The fourth-order valence-electron chi connectivity index (χ4n) is 3.29. The number of nitrogens with zero attached hydrogens (tertiary/aromatic N) is 1. The van der Waals surface area contributed by atoms with Crippen molar-refractivity contribution in [3.05, 3.63) is 0 Å². The van der Waals surface area contributed by atoms with E-state index in [-0.39, 0.29) is 0 Å². The summed E-state index contributed by atoms with van der Waals surface area (Å²) in [6.07, 6.45) is 10.9. The van der Waals surface area contributed by atoms with Gasteiger partial charge in [-0.3, -0.25) is 0 Å². The highest BCUT2D eigenvalue weighted by Gasteiger charge is 2.26. The molecule has 17 heavy (non-hydrogen) atoms. The van der Waals surface area contributed by atoms with Crippen molar-refractivity contribution in [1.29, 1.82) is 0 Å². The molecule has 0 aliphatic heterocycles. The highest BCUT2D eigenvalue weighted by Crippen LogP contribution is 2.25. The number of hydrogen-bond donors (Lipinski definition) is 1. The fraction of sp³-hybridized carbons (Fsp3) is 1.00. The van der Waals surface area contributed by atoms with Gasteiger partial charge >= 0.3 is 0 Å². The average molecular weight is 240 g/mol. The topological polar surface area (TPSA) is 15.3 Å². The van der Waals surface area contributed by atoms with Crippen molar-refractivity contribution < 1.29 is 0 Å². The van der Waals surface area contributed by atoms with Gasteiger partial charge in [0, 0.05) is 18.1 Å². The normalized spacial score (nSPS) is 25.8. The fourth-order valence-corrected chi connectivity index (χ4v) is 3.29. The van der Waals surface area contributed by atoms with Gasteiger partial charge in [-0.15, -0.1) is 0 Å². The van der Waals surface area contributed by atoms with E-state index >= 15 is 0 Å². The van der Waals surface area contributed by atoms with E-state index in [0.29, 0.717) is 0 Å². The van der Waals surface area contributed by atoms with E-state index in [1.165, 1.54) is 51.4 Å². The number of hydrogen-bond acceptors (Lipinski definition) is 2. The van der Waals surface area contributed by atoms with Crippen molar-refractivity contribution in [3.8, 4) is 0 Å². The second-order valence-electron chi connectivity index (χ2n) is 5.69. The molecule has 0 aromatic heterocycles. The lowest BCUT2D eigenvalue weighted by Crippen LogP contribution is -2.44. The van der Waals surface area contributed by atoms with Gasteiger partial charge in [0.2, 0.25) is 0 Å². The predicted octanol–water partition coefficient (Wildman–Crippen LogP) is 3.42. The molecule has 0 aromatic rings. The van der Waals surface area contributed by atoms with E-state index in [9.17, 15) is 0 Å². The molecule has 0 aromatic carbocycles. The second-order valence-corrected chi connectivity index (χ2v) is 5.69. The molecule has 1 rings (SSSR count). The second kappa shape index (κ2) is 8.10. The lowest BCUT2D eigenvalue weighted by molar-refractivity contribution is 0.115. The molecule has 2 nitrogen and oxygen atoms in total. The summed E-state index contributed by atoms with van der Waals surface area (Å²) in [5.74, 6) is 0. The lowest BCUT2D eigenvalue weighted by Gasteiger charge is -2.39. The Balaban J connectivity index is 2.41. The van der Waals surface area contributed by atoms with E-state index in [2.05, 4.69) is 38.2 Å². The summed E-state index contributed by atoms with van der Waals surface area (Å²) < 4.78 is 0. The minimum absolute atomic E-state index is 0.774. The summed E-state index contributed by atoms with van der Waals surface area (Å²) in [5.41, 5.74) is 0. The monoisotopic (exact) mass is 240 g/mol. The van der Waals surface area contributed by atoms with Crippen molar-refractivity contribution in [2.24, 2.45) is 0 Å². The quantitative estimate of drug-likeness (QED) is 0.733. The molecular formula is C15H32N2. The van der Waals surface area contributed by atoms with Gasteiger partial charge < -0.3 is 10.2 Å². The summed E-state index contributed by atoms with van der Waals surface area (Å²) in [5, 5.41) is 3.42. The van der Waals surface area contributed by atoms with Crippen LogP contribution >= 0.6 is 0 Å². The maximum atomic E-state index is 3.42. The first-order chi connectivity index (χ1) is 8.22. The third-order valence-corrected chi connectivity index (χ3v) is 4.50. The van der Waals surface area contributed by atoms with Gasteiger partial charge in [-0.2, -0.15) is 0 Å². The maximum absolute atomic E-state index is 3.42. The Kier molecular flexibility index (Phi) is 7.14. The zero-order chi connectivity index (χ0) is 12.7. The maximum Gasteiger partial charge on any atom is 0.00963 e. The highest BCUT2D eigenvalue weighted by atomic mass is 15.2. The summed E-state index contributed by atoms with van der Waals surface area (Å²) >= 11 is 0. The van der Waals surface area contributed by atoms with Gasteiger partial charge in [-0.05, 0) is 52.6 Å². The smallest absolute Gasteiger partial charge is 0.00963 e. The van der Waals surface area contributed by atoms with Crippen LogP contribution in [0.1, 0.15) is 65.2 Å². The number of rotatable bonds is 7. The zero-order valence-electron chi connectivity index (χ0n) is 12.3. The third kappa shape index (κ3) is 4.59. The molecule has 1 saturated carbocycles. The van der Waals surface area contributed by atoms with Crippen LogP contribution < -0.4 is 5.32 Å². The van der Waals surface area contributed by atoms with Crippen LogP contribution in [-0.2, 0) is 0 Å². The Labute approximate surface area is 108 Å². The minimum atomic E-state index is 0.774. The van der Waals surface area contributed by atoms with Gasteiger partial charge in [-0.1, -0.05) is 26.7 Å². The first kappa shape index (κ1) is 15.0. The van der Waals surface area contributed by atoms with Gasteiger partial charge in [-0.25, -0.2) is 0 Å². The molecule has 2 heteroatoms. The molecule has 1 aliphatic rings. The largest absolute Gasteiger partial charge is 0.317 e. The Morgan fingerprint density at radius 1 is 1.06 bits per heavy atom. The average Bonchev–Trinajstić information content (AvgIpc) is 2.38. The van der Waals surface area contributed by atoms with Crippen molar-refractivity contribution in [2.45, 2.75) is 83.3 Å². The minimum Gasteiger partial charge on any atom is -0.317 e. The van der Waals surface area contributed by atoms with E-state index in [4.69, 9.17) is 0 Å². The van der Waals surface area contributed by atoms with Crippen LogP contribution in [0.3, 0.4) is 0 Å². The van der Waals surface area contributed by atoms with E-state index in [1.807, 2.05) is 0 Å². The molecule has 1 fully saturated rings. The number of nitrogens with one attached hydrogen (secondary N) is 1. The SMILES string of the molecule is CCCC(CCC)N(C)C1CCC(NC)CC1. The summed E-state index contributed by atoms with van der Waals surface area (Å²) in [6.45, 7) is 4.63. The van der Waals surface area contributed by atoms with Gasteiger partial charge in [0.1, 0.15) is 0 Å². The van der Waals surface area contributed by atoms with Crippen LogP contribution in [0.5, 0.6) is 0 Å². The molecule has 0 spiro atoms. The lowest BCUT2D eigenvalue weighted by atomic mass is 9.89. The van der Waals surface area contributed by atoms with Crippen LogP contribution in [0.25, 0.3) is 0 Å². The van der Waals surface area contributed by atoms with Crippen molar-refractivity contribution >= 4 is 0 Å². The molecule has 0 amide bonds. The molecule has 0 heterocycles. The van der Waals surface area contributed by atoms with Crippen LogP contribution in [0.4, 0.5) is 0 Å². The van der Waals surface area contributed by atoms with Crippen molar-refractivity contribution in [1.82, 2.24) is 10.2 Å². The van der Waals surface area contributed by atoms with E-state index in [0.717, 1.165) is 18.1 Å². The molecule has 0 saturated heterocycles. The van der Waals surface area contributed by atoms with Crippen LogP contribution in [0.15, 0.2) is 0 Å². The standard InChI is InChI=1S/C15H32N2/c1-5-7-14(8-6-2)17(4)15-11-9-13(16-3)10-12-15/h13-16H,5-12H2,1-4H3. The molecule has 1 N–H and O–H groups in total. The Morgan fingerprint density at radius 3 is 2.00 bits per heavy atom. The predicted molar refractivity (Wildman–Crippen MR) is 76.5 cm³/mol.